The van der Waals surface area contributed by atoms with Gasteiger partial charge in [0, 0.05) is 17.2 Å². The number of hydrogen-bond acceptors (Lipinski definition) is 2. The molecule has 1 nitrogen and oxygen atoms in total. The molecule has 1 aromatic rings. The summed E-state index contributed by atoms with van der Waals surface area (Å²) in [5.74, 6) is 0.916. The predicted molar refractivity (Wildman–Crippen MR) is 60.1 cm³/mol. The monoisotopic (exact) mass is 193 g/mol. The van der Waals surface area contributed by atoms with Crippen LogP contribution in [0.5, 0.6) is 0 Å². The summed E-state index contributed by atoms with van der Waals surface area (Å²) < 4.78 is 0. The van der Waals surface area contributed by atoms with E-state index in [2.05, 4.69) is 37.8 Å². The van der Waals surface area contributed by atoms with Gasteiger partial charge in [0.2, 0.25) is 0 Å². The summed E-state index contributed by atoms with van der Waals surface area (Å²) >= 11 is 1.78. The molecule has 0 aliphatic heterocycles. The molecule has 2 N–H and O–H groups in total. The Morgan fingerprint density at radius 3 is 2.54 bits per heavy atom. The molecule has 0 bridgehead atoms. The van der Waals surface area contributed by atoms with Crippen LogP contribution in [0.15, 0.2) is 41.3 Å². The fourth-order valence-electron chi connectivity index (χ4n) is 0.879. The minimum absolute atomic E-state index is 0.582. The summed E-state index contributed by atoms with van der Waals surface area (Å²) in [6, 6.07) is 8.49. The number of rotatable bonds is 4. The van der Waals surface area contributed by atoms with Crippen molar-refractivity contribution in [3.05, 3.63) is 42.0 Å². The second kappa shape index (κ2) is 5.10. The van der Waals surface area contributed by atoms with E-state index >= 15 is 0 Å². The van der Waals surface area contributed by atoms with E-state index in [0.29, 0.717) is 6.54 Å². The van der Waals surface area contributed by atoms with Crippen LogP contribution in [0.25, 0.3) is 0 Å². The third-order valence-electron chi connectivity index (χ3n) is 1.75. The lowest BCUT2D eigenvalue weighted by Gasteiger charge is -2.02. The Morgan fingerprint density at radius 2 is 2.00 bits per heavy atom. The van der Waals surface area contributed by atoms with Gasteiger partial charge in [0.15, 0.2) is 0 Å². The molecule has 70 valence electrons. The van der Waals surface area contributed by atoms with E-state index in [1.165, 1.54) is 10.5 Å². The van der Waals surface area contributed by atoms with Crippen LogP contribution in [0.4, 0.5) is 0 Å². The number of hydrogen-bond donors (Lipinski definition) is 1. The van der Waals surface area contributed by atoms with Crippen LogP contribution in [0.2, 0.25) is 0 Å². The molecule has 0 aromatic heterocycles. The summed E-state index contributed by atoms with van der Waals surface area (Å²) in [5.41, 5.74) is 7.83. The molecule has 0 radical (unpaired) electrons. The maximum Gasteiger partial charge on any atom is 0.0200 e. The predicted octanol–water partition coefficient (Wildman–Crippen LogP) is 2.60. The van der Waals surface area contributed by atoms with Crippen molar-refractivity contribution in [1.29, 1.82) is 0 Å². The number of thioether (sulfide) groups is 1. The van der Waals surface area contributed by atoms with Crippen molar-refractivity contribution in [3.63, 3.8) is 0 Å². The van der Waals surface area contributed by atoms with E-state index in [9.17, 15) is 0 Å². The van der Waals surface area contributed by atoms with Gasteiger partial charge in [-0.15, -0.1) is 11.8 Å². The van der Waals surface area contributed by atoms with Crippen molar-refractivity contribution in [2.45, 2.75) is 11.8 Å². The van der Waals surface area contributed by atoms with Gasteiger partial charge >= 0.3 is 0 Å². The minimum Gasteiger partial charge on any atom is -0.327 e. The molecular weight excluding hydrogens is 178 g/mol. The lowest BCUT2D eigenvalue weighted by atomic mass is 10.2. The zero-order valence-electron chi connectivity index (χ0n) is 7.92. The molecule has 0 saturated carbocycles. The normalized spacial score (nSPS) is 10.0. The van der Waals surface area contributed by atoms with Crippen LogP contribution in [0, 0.1) is 6.92 Å². The first-order valence-electron chi connectivity index (χ1n) is 4.28. The highest BCUT2D eigenvalue weighted by Gasteiger charge is 1.94. The largest absolute Gasteiger partial charge is 0.327 e. The standard InChI is InChI=1S/C11H15NS/c1-9-3-5-11(6-4-9)13-8-10(2)7-12/h3-6H,2,7-8,12H2,1H3. The quantitative estimate of drug-likeness (QED) is 0.587. The summed E-state index contributed by atoms with van der Waals surface area (Å²) in [7, 11) is 0. The molecular formula is C11H15NS. The number of benzene rings is 1. The number of aryl methyl sites for hydroxylation is 1. The summed E-state index contributed by atoms with van der Waals surface area (Å²) in [6.45, 7) is 6.53. The van der Waals surface area contributed by atoms with Crippen molar-refractivity contribution in [2.75, 3.05) is 12.3 Å². The molecule has 0 amide bonds. The van der Waals surface area contributed by atoms with E-state index in [1.54, 1.807) is 11.8 Å². The third kappa shape index (κ3) is 3.66. The number of nitrogens with two attached hydrogens (primary N) is 1. The van der Waals surface area contributed by atoms with Gasteiger partial charge in [-0.2, -0.15) is 0 Å². The van der Waals surface area contributed by atoms with E-state index in [0.717, 1.165) is 11.3 Å². The SMILES string of the molecule is C=C(CN)CSc1ccc(C)cc1. The summed E-state index contributed by atoms with van der Waals surface area (Å²) in [4.78, 5) is 1.28. The highest BCUT2D eigenvalue weighted by atomic mass is 32.2. The van der Waals surface area contributed by atoms with Crippen molar-refractivity contribution in [3.8, 4) is 0 Å². The van der Waals surface area contributed by atoms with Gasteiger partial charge in [0.05, 0.1) is 0 Å². The lowest BCUT2D eigenvalue weighted by Crippen LogP contribution is -2.03. The molecule has 0 saturated heterocycles. The lowest BCUT2D eigenvalue weighted by molar-refractivity contribution is 1.15. The molecule has 0 heterocycles. The van der Waals surface area contributed by atoms with Crippen molar-refractivity contribution in [2.24, 2.45) is 5.73 Å². The average molecular weight is 193 g/mol. The third-order valence-corrected chi connectivity index (χ3v) is 2.91. The molecule has 13 heavy (non-hydrogen) atoms. The molecule has 0 fully saturated rings. The highest BCUT2D eigenvalue weighted by molar-refractivity contribution is 7.99. The molecule has 0 spiro atoms. The van der Waals surface area contributed by atoms with Crippen LogP contribution >= 0.6 is 11.8 Å². The minimum atomic E-state index is 0.582. The second-order valence-corrected chi connectivity index (χ2v) is 4.10. The van der Waals surface area contributed by atoms with Gasteiger partial charge < -0.3 is 5.73 Å². The Kier molecular flexibility index (Phi) is 4.06. The first kappa shape index (κ1) is 10.4. The van der Waals surface area contributed by atoms with E-state index < -0.39 is 0 Å². The molecule has 0 aliphatic rings. The summed E-state index contributed by atoms with van der Waals surface area (Å²) in [5, 5.41) is 0. The van der Waals surface area contributed by atoms with Gasteiger partial charge in [-0.05, 0) is 19.1 Å². The van der Waals surface area contributed by atoms with Crippen molar-refractivity contribution in [1.82, 2.24) is 0 Å². The van der Waals surface area contributed by atoms with Gasteiger partial charge in [-0.3, -0.25) is 0 Å². The molecule has 0 unspecified atom stereocenters. The Morgan fingerprint density at radius 1 is 1.38 bits per heavy atom. The maximum atomic E-state index is 5.45. The van der Waals surface area contributed by atoms with Crippen LogP contribution in [-0.2, 0) is 0 Å². The van der Waals surface area contributed by atoms with Crippen LogP contribution in [-0.4, -0.2) is 12.3 Å². The van der Waals surface area contributed by atoms with E-state index in [-0.39, 0.29) is 0 Å². The zero-order valence-corrected chi connectivity index (χ0v) is 8.73. The van der Waals surface area contributed by atoms with Gasteiger partial charge in [-0.25, -0.2) is 0 Å². The van der Waals surface area contributed by atoms with Crippen LogP contribution < -0.4 is 5.73 Å². The van der Waals surface area contributed by atoms with Gasteiger partial charge in [0.25, 0.3) is 0 Å². The Bertz CT molecular complexity index is 277. The van der Waals surface area contributed by atoms with E-state index in [1.807, 2.05) is 0 Å². The first-order chi connectivity index (χ1) is 6.22. The van der Waals surface area contributed by atoms with Crippen LogP contribution in [0.1, 0.15) is 5.56 Å². The molecule has 0 aliphatic carbocycles. The second-order valence-electron chi connectivity index (χ2n) is 3.06. The highest BCUT2D eigenvalue weighted by Crippen LogP contribution is 2.19. The fourth-order valence-corrected chi connectivity index (χ4v) is 1.70. The zero-order chi connectivity index (χ0) is 9.68. The fraction of sp³-hybridized carbons (Fsp3) is 0.273. The molecule has 1 rings (SSSR count). The average Bonchev–Trinajstić information content (AvgIpc) is 2.16. The van der Waals surface area contributed by atoms with E-state index in [4.69, 9.17) is 5.73 Å². The van der Waals surface area contributed by atoms with Gasteiger partial charge in [0.1, 0.15) is 0 Å². The smallest absolute Gasteiger partial charge is 0.0200 e. The Balaban J connectivity index is 2.46. The van der Waals surface area contributed by atoms with Crippen LogP contribution in [0.3, 0.4) is 0 Å². The first-order valence-corrected chi connectivity index (χ1v) is 5.27. The van der Waals surface area contributed by atoms with Crippen molar-refractivity contribution < 1.29 is 0 Å². The Hall–Kier alpha value is -0.730. The van der Waals surface area contributed by atoms with Crippen molar-refractivity contribution >= 4 is 11.8 Å². The molecule has 2 heteroatoms. The topological polar surface area (TPSA) is 26.0 Å². The van der Waals surface area contributed by atoms with Gasteiger partial charge in [-0.1, -0.05) is 29.8 Å². The maximum absolute atomic E-state index is 5.45. The molecule has 0 atom stereocenters. The summed E-state index contributed by atoms with van der Waals surface area (Å²) in [6.07, 6.45) is 0. The molecule has 1 aromatic carbocycles. The Labute approximate surface area is 84.0 Å².